The molecule has 7 nitrogen and oxygen atoms in total. The maximum absolute atomic E-state index is 12.8. The summed E-state index contributed by atoms with van der Waals surface area (Å²) in [6.07, 6.45) is -0.981. The molecule has 170 valence electrons. The van der Waals surface area contributed by atoms with Crippen LogP contribution in [0.5, 0.6) is 0 Å². The van der Waals surface area contributed by atoms with Crippen molar-refractivity contribution < 1.29 is 21.6 Å². The highest BCUT2D eigenvalue weighted by Crippen LogP contribution is 2.42. The highest BCUT2D eigenvalue weighted by Gasteiger charge is 2.39. The smallest absolute Gasteiger partial charge is 0.335 e. The van der Waals surface area contributed by atoms with Crippen LogP contribution in [0.2, 0.25) is 0 Å². The Hall–Kier alpha value is -3.41. The summed E-state index contributed by atoms with van der Waals surface area (Å²) in [6, 6.07) is 9.68. The minimum atomic E-state index is -4.73. The van der Waals surface area contributed by atoms with Gasteiger partial charge in [0.05, 0.1) is 34.1 Å². The van der Waals surface area contributed by atoms with Crippen LogP contribution >= 0.6 is 0 Å². The Morgan fingerprint density at radius 3 is 2.42 bits per heavy atom. The molecule has 1 atom stereocenters. The Kier molecular flexibility index (Phi) is 5.64. The topological polar surface area (TPSA) is 112 Å². The summed E-state index contributed by atoms with van der Waals surface area (Å²) < 4.78 is 66.6. The Morgan fingerprint density at radius 2 is 1.91 bits per heavy atom. The van der Waals surface area contributed by atoms with E-state index in [4.69, 9.17) is 0 Å². The zero-order valence-corrected chi connectivity index (χ0v) is 18.2. The molecule has 3 aromatic rings. The molecule has 0 spiro atoms. The fourth-order valence-corrected chi connectivity index (χ4v) is 4.99. The molecule has 2 aromatic heterocycles. The summed E-state index contributed by atoms with van der Waals surface area (Å²) in [5.74, 6) is 0. The number of hydrogen-bond acceptors (Lipinski definition) is 5. The van der Waals surface area contributed by atoms with Crippen molar-refractivity contribution in [1.29, 1.82) is 10.5 Å². The van der Waals surface area contributed by atoms with E-state index in [0.29, 0.717) is 40.3 Å². The van der Waals surface area contributed by atoms with Gasteiger partial charge in [-0.1, -0.05) is 6.07 Å². The third kappa shape index (κ3) is 4.06. The van der Waals surface area contributed by atoms with Crippen molar-refractivity contribution in [2.24, 2.45) is 0 Å². The molecule has 1 aliphatic rings. The maximum atomic E-state index is 12.8. The normalized spacial score (nSPS) is 15.6. The number of aromatic nitrogens is 2. The lowest BCUT2D eigenvalue weighted by Gasteiger charge is -2.30. The summed E-state index contributed by atoms with van der Waals surface area (Å²) in [4.78, 5) is 3.78. The molecule has 33 heavy (non-hydrogen) atoms. The molecule has 1 saturated carbocycles. The van der Waals surface area contributed by atoms with E-state index in [1.54, 1.807) is 22.9 Å². The third-order valence-corrected chi connectivity index (χ3v) is 7.32. The number of nitrogens with zero attached hydrogens (tertiary/aromatic N) is 4. The number of alkyl halides is 3. The van der Waals surface area contributed by atoms with Gasteiger partial charge in [0.2, 0.25) is 10.0 Å². The average molecular weight is 473 g/mol. The first-order chi connectivity index (χ1) is 15.6. The first-order valence-corrected chi connectivity index (χ1v) is 11.6. The predicted octanol–water partition coefficient (Wildman–Crippen LogP) is 4.40. The number of sulfonamides is 1. The minimum Gasteiger partial charge on any atom is -0.335 e. The minimum absolute atomic E-state index is 0.0954. The number of rotatable bonds is 5. The Bertz CT molecular complexity index is 1410. The van der Waals surface area contributed by atoms with Crippen LogP contribution in [0, 0.1) is 22.7 Å². The largest absolute Gasteiger partial charge is 0.404 e. The molecular weight excluding hydrogens is 455 g/mol. The molecule has 0 saturated heterocycles. The van der Waals surface area contributed by atoms with Crippen LogP contribution in [0.3, 0.4) is 0 Å². The van der Waals surface area contributed by atoms with E-state index in [0.717, 1.165) is 25.5 Å². The number of pyridine rings is 1. The number of benzene rings is 1. The second-order valence-electron chi connectivity index (χ2n) is 7.90. The van der Waals surface area contributed by atoms with Gasteiger partial charge in [-0.15, -0.1) is 0 Å². The van der Waals surface area contributed by atoms with E-state index in [-0.39, 0.29) is 6.04 Å². The molecule has 0 aliphatic heterocycles. The zero-order chi connectivity index (χ0) is 24.0. The summed E-state index contributed by atoms with van der Waals surface area (Å²) in [7, 11) is -4.45. The maximum Gasteiger partial charge on any atom is 0.404 e. The lowest BCUT2D eigenvalue weighted by Crippen LogP contribution is -2.42. The molecule has 1 N–H and O–H groups in total. The SMILES string of the molecule is C[C@H](NS(=O)(=O)c1ccc(-c2c(C#N)c3ccc(C#N)cc3n2C2CCC2)nc1)C(F)(F)F. The zero-order valence-electron chi connectivity index (χ0n) is 17.4. The van der Waals surface area contributed by atoms with Crippen LogP contribution in [0.1, 0.15) is 43.4 Å². The molecule has 2 heterocycles. The van der Waals surface area contributed by atoms with Crippen LogP contribution in [0.15, 0.2) is 41.4 Å². The van der Waals surface area contributed by atoms with Crippen molar-refractivity contribution in [3.63, 3.8) is 0 Å². The number of nitrogens with one attached hydrogen (secondary N) is 1. The van der Waals surface area contributed by atoms with Gasteiger partial charge in [-0.25, -0.2) is 8.42 Å². The molecule has 1 aliphatic carbocycles. The van der Waals surface area contributed by atoms with E-state index in [9.17, 15) is 32.1 Å². The molecule has 0 unspecified atom stereocenters. The Balaban J connectivity index is 1.82. The van der Waals surface area contributed by atoms with E-state index >= 15 is 0 Å². The summed E-state index contributed by atoms with van der Waals surface area (Å²) in [6.45, 7) is 0.713. The van der Waals surface area contributed by atoms with Gasteiger partial charge in [-0.05, 0) is 50.5 Å². The first kappa shape index (κ1) is 22.8. The van der Waals surface area contributed by atoms with Gasteiger partial charge in [-0.2, -0.15) is 28.4 Å². The number of nitriles is 2. The first-order valence-electron chi connectivity index (χ1n) is 10.1. The molecule has 0 radical (unpaired) electrons. The molecule has 0 bridgehead atoms. The fourth-order valence-electron chi connectivity index (χ4n) is 3.82. The van der Waals surface area contributed by atoms with Crippen molar-refractivity contribution in [3.8, 4) is 23.5 Å². The van der Waals surface area contributed by atoms with Gasteiger partial charge in [0.25, 0.3) is 0 Å². The number of fused-ring (bicyclic) bond motifs is 1. The highest BCUT2D eigenvalue weighted by atomic mass is 32.2. The van der Waals surface area contributed by atoms with Gasteiger partial charge < -0.3 is 4.57 Å². The van der Waals surface area contributed by atoms with Crippen LogP contribution in [0.4, 0.5) is 13.2 Å². The lowest BCUT2D eigenvalue weighted by molar-refractivity contribution is -0.147. The van der Waals surface area contributed by atoms with Crippen molar-refractivity contribution in [2.45, 2.75) is 49.3 Å². The monoisotopic (exact) mass is 473 g/mol. The summed E-state index contributed by atoms with van der Waals surface area (Å²) >= 11 is 0. The quantitative estimate of drug-likeness (QED) is 0.590. The summed E-state index contributed by atoms with van der Waals surface area (Å²) in [5, 5.41) is 19.8. The summed E-state index contributed by atoms with van der Waals surface area (Å²) in [5.41, 5.74) is 2.30. The van der Waals surface area contributed by atoms with Crippen molar-refractivity contribution in [3.05, 3.63) is 47.7 Å². The number of hydrogen-bond donors (Lipinski definition) is 1. The second kappa shape index (κ2) is 8.18. The van der Waals surface area contributed by atoms with Gasteiger partial charge in [0.1, 0.15) is 17.0 Å². The standard InChI is InChI=1S/C22H18F3N5O2S/c1-13(22(23,24)25)29-33(31,32)16-6-8-19(28-12-16)21-18(11-27)17-7-5-14(10-26)9-20(17)30(21)15-3-2-4-15/h5-9,12-13,15,29H,2-4H2,1H3/t13-/m0/s1. The van der Waals surface area contributed by atoms with Crippen molar-refractivity contribution in [2.75, 3.05) is 0 Å². The van der Waals surface area contributed by atoms with Crippen molar-refractivity contribution >= 4 is 20.9 Å². The average Bonchev–Trinajstić information content (AvgIpc) is 3.04. The lowest BCUT2D eigenvalue weighted by atomic mass is 9.92. The van der Waals surface area contributed by atoms with E-state index < -0.39 is 27.1 Å². The van der Waals surface area contributed by atoms with Crippen LogP contribution in [0.25, 0.3) is 22.3 Å². The molecule has 1 fully saturated rings. The molecule has 1 aromatic carbocycles. The second-order valence-corrected chi connectivity index (χ2v) is 9.61. The van der Waals surface area contributed by atoms with E-state index in [2.05, 4.69) is 17.1 Å². The van der Waals surface area contributed by atoms with Crippen LogP contribution in [-0.4, -0.2) is 30.2 Å². The molecule has 4 rings (SSSR count). The van der Waals surface area contributed by atoms with Gasteiger partial charge in [0, 0.05) is 17.6 Å². The molecule has 0 amide bonds. The van der Waals surface area contributed by atoms with Gasteiger partial charge >= 0.3 is 6.18 Å². The van der Waals surface area contributed by atoms with E-state index in [1.807, 2.05) is 4.57 Å². The highest BCUT2D eigenvalue weighted by molar-refractivity contribution is 7.89. The van der Waals surface area contributed by atoms with Crippen LogP contribution in [-0.2, 0) is 10.0 Å². The van der Waals surface area contributed by atoms with Gasteiger partial charge in [0.15, 0.2) is 0 Å². The Morgan fingerprint density at radius 1 is 1.18 bits per heavy atom. The molecule has 11 heteroatoms. The van der Waals surface area contributed by atoms with Gasteiger partial charge in [-0.3, -0.25) is 4.98 Å². The number of halogens is 3. The van der Waals surface area contributed by atoms with Crippen LogP contribution < -0.4 is 4.72 Å². The van der Waals surface area contributed by atoms with Crippen molar-refractivity contribution in [1.82, 2.24) is 14.3 Å². The van der Waals surface area contributed by atoms with E-state index in [1.165, 1.54) is 12.1 Å². The fraction of sp³-hybridized carbons (Fsp3) is 0.318. The predicted molar refractivity (Wildman–Crippen MR) is 113 cm³/mol. The molecular formula is C22H18F3N5O2S. The Labute approximate surface area is 188 Å². The third-order valence-electron chi connectivity index (χ3n) is 5.80.